The summed E-state index contributed by atoms with van der Waals surface area (Å²) in [6.07, 6.45) is 4.23. The maximum Gasteiger partial charge on any atom is 0.336 e. The Kier molecular flexibility index (Phi) is 4.77. The maximum absolute atomic E-state index is 12.0. The number of phenols is 1. The molecule has 1 aromatic carbocycles. The zero-order valence-corrected chi connectivity index (χ0v) is 15.3. The van der Waals surface area contributed by atoms with Crippen LogP contribution in [0.25, 0.3) is 11.0 Å². The lowest BCUT2D eigenvalue weighted by atomic mass is 10.0. The van der Waals surface area contributed by atoms with Gasteiger partial charge < -0.3 is 14.4 Å². The Labute approximate surface area is 156 Å². The molecule has 1 aliphatic heterocycles. The van der Waals surface area contributed by atoms with Crippen LogP contribution in [0.2, 0.25) is 0 Å². The fraction of sp³-hybridized carbons (Fsp3) is 0.350. The van der Waals surface area contributed by atoms with Crippen LogP contribution in [0.4, 0.5) is 5.95 Å². The number of fused-ring (bicyclic) bond motifs is 1. The van der Waals surface area contributed by atoms with Gasteiger partial charge in [0.05, 0.1) is 0 Å². The van der Waals surface area contributed by atoms with Gasteiger partial charge in [-0.05, 0) is 29.7 Å². The van der Waals surface area contributed by atoms with Crippen molar-refractivity contribution in [1.29, 1.82) is 0 Å². The molecule has 1 aliphatic rings. The van der Waals surface area contributed by atoms with Gasteiger partial charge >= 0.3 is 5.63 Å². The third-order valence-electron chi connectivity index (χ3n) is 5.01. The van der Waals surface area contributed by atoms with Crippen LogP contribution in [0.1, 0.15) is 18.1 Å². The van der Waals surface area contributed by atoms with E-state index in [2.05, 4.69) is 19.8 Å². The monoisotopic (exact) mass is 366 g/mol. The topological polar surface area (TPSA) is 82.7 Å². The van der Waals surface area contributed by atoms with E-state index >= 15 is 0 Å². The Morgan fingerprint density at radius 1 is 1.07 bits per heavy atom. The largest absolute Gasteiger partial charge is 0.508 e. The van der Waals surface area contributed by atoms with E-state index in [4.69, 9.17) is 4.42 Å². The van der Waals surface area contributed by atoms with Crippen molar-refractivity contribution in [2.24, 2.45) is 0 Å². The molecule has 2 aromatic heterocycles. The average molecular weight is 366 g/mol. The van der Waals surface area contributed by atoms with E-state index in [1.807, 2.05) is 19.1 Å². The normalized spacial score (nSPS) is 15.4. The Bertz CT molecular complexity index is 995. The first kappa shape index (κ1) is 17.5. The number of rotatable bonds is 4. The third-order valence-corrected chi connectivity index (χ3v) is 5.01. The van der Waals surface area contributed by atoms with Gasteiger partial charge in [-0.25, -0.2) is 14.8 Å². The Hall–Kier alpha value is -2.93. The minimum absolute atomic E-state index is 0.168. The molecule has 0 spiro atoms. The smallest absolute Gasteiger partial charge is 0.336 e. The number of hydrogen-bond donors (Lipinski definition) is 1. The van der Waals surface area contributed by atoms with Crippen molar-refractivity contribution in [3.8, 4) is 5.75 Å². The summed E-state index contributed by atoms with van der Waals surface area (Å²) in [4.78, 5) is 25.1. The lowest BCUT2D eigenvalue weighted by Gasteiger charge is -2.34. The number of aryl methyl sites for hydroxylation is 1. The second-order valence-corrected chi connectivity index (χ2v) is 6.73. The molecule has 0 saturated carbocycles. The minimum Gasteiger partial charge on any atom is -0.508 e. The van der Waals surface area contributed by atoms with Crippen molar-refractivity contribution in [3.63, 3.8) is 0 Å². The van der Waals surface area contributed by atoms with Gasteiger partial charge in [-0.3, -0.25) is 4.90 Å². The van der Waals surface area contributed by atoms with E-state index in [1.54, 1.807) is 24.5 Å². The van der Waals surface area contributed by atoms with E-state index < -0.39 is 5.63 Å². The molecule has 1 saturated heterocycles. The molecule has 3 aromatic rings. The Morgan fingerprint density at radius 3 is 2.52 bits per heavy atom. The van der Waals surface area contributed by atoms with E-state index in [1.165, 1.54) is 0 Å². The highest BCUT2D eigenvalue weighted by atomic mass is 16.4. The molecule has 1 N–H and O–H groups in total. The summed E-state index contributed by atoms with van der Waals surface area (Å²) < 4.78 is 5.29. The first-order valence-electron chi connectivity index (χ1n) is 9.17. The fourth-order valence-electron chi connectivity index (χ4n) is 3.52. The predicted molar refractivity (Wildman–Crippen MR) is 103 cm³/mol. The Balaban J connectivity index is 1.55. The molecular formula is C20H22N4O3. The molecule has 140 valence electrons. The summed E-state index contributed by atoms with van der Waals surface area (Å²) in [5.74, 6) is 0.924. The van der Waals surface area contributed by atoms with E-state index in [-0.39, 0.29) is 5.75 Å². The highest BCUT2D eigenvalue weighted by Crippen LogP contribution is 2.27. The van der Waals surface area contributed by atoms with Crippen molar-refractivity contribution in [2.45, 2.75) is 19.9 Å². The summed E-state index contributed by atoms with van der Waals surface area (Å²) in [7, 11) is 0. The van der Waals surface area contributed by atoms with Crippen LogP contribution in [-0.2, 0) is 13.0 Å². The standard InChI is InChI=1S/C20H22N4O3/c1-2-14-10-16-15(11-19(26)27-18(16)12-17(14)25)13-23-6-8-24(9-7-23)20-21-4-3-5-22-20/h3-5,10-12,25H,2,6-9,13H2,1H3. The summed E-state index contributed by atoms with van der Waals surface area (Å²) in [6, 6.07) is 6.85. The van der Waals surface area contributed by atoms with Crippen LogP contribution in [0.3, 0.4) is 0 Å². The molecule has 0 unspecified atom stereocenters. The van der Waals surface area contributed by atoms with Crippen molar-refractivity contribution in [3.05, 3.63) is 58.2 Å². The minimum atomic E-state index is -0.391. The van der Waals surface area contributed by atoms with Crippen LogP contribution in [-0.4, -0.2) is 46.2 Å². The van der Waals surface area contributed by atoms with Gasteiger partial charge in [0, 0.05) is 62.6 Å². The van der Waals surface area contributed by atoms with Gasteiger partial charge in [-0.15, -0.1) is 0 Å². The number of aromatic nitrogens is 2. The number of benzene rings is 1. The van der Waals surface area contributed by atoms with Gasteiger partial charge in [0.25, 0.3) is 0 Å². The fourth-order valence-corrected chi connectivity index (χ4v) is 3.52. The molecule has 0 atom stereocenters. The van der Waals surface area contributed by atoms with Gasteiger partial charge in [0.2, 0.25) is 5.95 Å². The second-order valence-electron chi connectivity index (χ2n) is 6.73. The summed E-state index contributed by atoms with van der Waals surface area (Å²) in [5, 5.41) is 10.9. The zero-order valence-electron chi connectivity index (χ0n) is 15.3. The lowest BCUT2D eigenvalue weighted by Crippen LogP contribution is -2.46. The highest BCUT2D eigenvalue weighted by Gasteiger charge is 2.20. The van der Waals surface area contributed by atoms with Crippen molar-refractivity contribution in [1.82, 2.24) is 14.9 Å². The molecule has 7 nitrogen and oxygen atoms in total. The van der Waals surface area contributed by atoms with Crippen molar-refractivity contribution in [2.75, 3.05) is 31.1 Å². The van der Waals surface area contributed by atoms with Crippen LogP contribution in [0, 0.1) is 0 Å². The molecule has 27 heavy (non-hydrogen) atoms. The molecule has 4 rings (SSSR count). The first-order valence-corrected chi connectivity index (χ1v) is 9.17. The van der Waals surface area contributed by atoms with Crippen LogP contribution in [0.15, 0.2) is 45.9 Å². The second kappa shape index (κ2) is 7.36. The first-order chi connectivity index (χ1) is 13.1. The van der Waals surface area contributed by atoms with Crippen LogP contribution in [0.5, 0.6) is 5.75 Å². The Morgan fingerprint density at radius 2 is 1.81 bits per heavy atom. The lowest BCUT2D eigenvalue weighted by molar-refractivity contribution is 0.249. The quantitative estimate of drug-likeness (QED) is 0.709. The molecule has 0 bridgehead atoms. The van der Waals surface area contributed by atoms with Crippen LogP contribution < -0.4 is 10.5 Å². The van der Waals surface area contributed by atoms with Crippen molar-refractivity contribution < 1.29 is 9.52 Å². The number of phenolic OH excluding ortho intramolecular Hbond substituents is 1. The van der Waals surface area contributed by atoms with Gasteiger partial charge in [0.15, 0.2) is 0 Å². The zero-order chi connectivity index (χ0) is 18.8. The number of nitrogens with zero attached hydrogens (tertiary/aromatic N) is 4. The molecule has 3 heterocycles. The van der Waals surface area contributed by atoms with E-state index in [0.717, 1.165) is 55.1 Å². The summed E-state index contributed by atoms with van der Waals surface area (Å²) in [5.41, 5.74) is 1.82. The van der Waals surface area contributed by atoms with E-state index in [9.17, 15) is 9.90 Å². The molecule has 0 radical (unpaired) electrons. The maximum atomic E-state index is 12.0. The van der Waals surface area contributed by atoms with Gasteiger partial charge in [-0.1, -0.05) is 6.92 Å². The highest BCUT2D eigenvalue weighted by molar-refractivity contribution is 5.82. The summed E-state index contributed by atoms with van der Waals surface area (Å²) >= 11 is 0. The molecule has 7 heteroatoms. The molecule has 0 amide bonds. The van der Waals surface area contributed by atoms with Gasteiger partial charge in [-0.2, -0.15) is 0 Å². The van der Waals surface area contributed by atoms with E-state index in [0.29, 0.717) is 12.1 Å². The third kappa shape index (κ3) is 3.64. The number of hydrogen-bond acceptors (Lipinski definition) is 7. The number of piperazine rings is 1. The number of aromatic hydroxyl groups is 1. The SMILES string of the molecule is CCc1cc2c(CN3CCN(c4ncccn4)CC3)cc(=O)oc2cc1O. The van der Waals surface area contributed by atoms with Crippen molar-refractivity contribution >= 4 is 16.9 Å². The number of anilines is 1. The predicted octanol–water partition coefficient (Wildman–Crippen LogP) is 2.17. The van der Waals surface area contributed by atoms with Crippen LogP contribution >= 0.6 is 0 Å². The van der Waals surface area contributed by atoms with Gasteiger partial charge in [0.1, 0.15) is 11.3 Å². The molecular weight excluding hydrogens is 344 g/mol. The summed E-state index contributed by atoms with van der Waals surface area (Å²) in [6.45, 7) is 6.05. The molecule has 0 aliphatic carbocycles. The molecule has 1 fully saturated rings. The average Bonchev–Trinajstić information content (AvgIpc) is 2.68.